The predicted molar refractivity (Wildman–Crippen MR) is 90.3 cm³/mol. The van der Waals surface area contributed by atoms with Gasteiger partial charge < -0.3 is 14.6 Å². The second kappa shape index (κ2) is 7.97. The van der Waals surface area contributed by atoms with E-state index in [-0.39, 0.29) is 43.0 Å². The summed E-state index contributed by atoms with van der Waals surface area (Å²) in [5.74, 6) is -0.460. The highest BCUT2D eigenvalue weighted by Gasteiger charge is 2.35. The first kappa shape index (κ1) is 19.8. The van der Waals surface area contributed by atoms with Gasteiger partial charge in [0.25, 0.3) is 0 Å². The molecule has 1 aliphatic rings. The van der Waals surface area contributed by atoms with Gasteiger partial charge in [0.2, 0.25) is 6.29 Å². The summed E-state index contributed by atoms with van der Waals surface area (Å²) in [7, 11) is 0. The van der Waals surface area contributed by atoms with Gasteiger partial charge in [0.15, 0.2) is 29.7 Å². The summed E-state index contributed by atoms with van der Waals surface area (Å²) >= 11 is 0. The first-order chi connectivity index (χ1) is 13.3. The predicted octanol–water partition coefficient (Wildman–Crippen LogP) is 3.43. The van der Waals surface area contributed by atoms with Gasteiger partial charge in [-0.3, -0.25) is 14.6 Å². The molecule has 28 heavy (non-hydrogen) atoms. The zero-order valence-corrected chi connectivity index (χ0v) is 14.5. The number of hydrogen-bond acceptors (Lipinski definition) is 6. The molecular weight excluding hydrogens is 379 g/mol. The molecule has 6 nitrogen and oxygen atoms in total. The molecule has 0 radical (unpaired) electrons. The van der Waals surface area contributed by atoms with Crippen LogP contribution in [-0.4, -0.2) is 34.6 Å². The molecule has 148 valence electrons. The Balaban J connectivity index is 1.61. The lowest BCUT2D eigenvalue weighted by Gasteiger charge is -2.23. The Morgan fingerprint density at radius 1 is 1.14 bits per heavy atom. The number of alkyl halides is 3. The molecule has 1 atom stereocenters. The maximum Gasteiger partial charge on any atom is 0.418 e. The Hall–Kier alpha value is -2.94. The third-order valence-electron chi connectivity index (χ3n) is 4.10. The molecule has 0 aliphatic carbocycles. The van der Waals surface area contributed by atoms with E-state index >= 15 is 0 Å². The van der Waals surface area contributed by atoms with E-state index in [0.717, 1.165) is 18.3 Å². The number of benzene rings is 1. The molecule has 2 heterocycles. The van der Waals surface area contributed by atoms with Crippen molar-refractivity contribution in [2.45, 2.75) is 31.7 Å². The van der Waals surface area contributed by atoms with Gasteiger partial charge in [0.05, 0.1) is 5.56 Å². The van der Waals surface area contributed by atoms with Crippen LogP contribution < -0.4 is 9.47 Å². The smallest absolute Gasteiger partial charge is 0.418 e. The van der Waals surface area contributed by atoms with E-state index in [0.29, 0.717) is 5.75 Å². The van der Waals surface area contributed by atoms with Crippen molar-refractivity contribution in [3.63, 3.8) is 0 Å². The number of aromatic nitrogens is 1. The molecule has 3 rings (SSSR count). The number of rotatable bonds is 6. The number of Topliss-reactive ketones (excluding diaryl/α,β-unsaturated/α-hetero) is 2. The maximum absolute atomic E-state index is 13.0. The lowest BCUT2D eigenvalue weighted by atomic mass is 10.0. The number of carbonyl (C=O) groups excluding carboxylic acids is 2. The Morgan fingerprint density at radius 2 is 1.89 bits per heavy atom. The van der Waals surface area contributed by atoms with Gasteiger partial charge in [0.1, 0.15) is 5.69 Å². The third-order valence-corrected chi connectivity index (χ3v) is 4.10. The van der Waals surface area contributed by atoms with Crippen LogP contribution in [0.1, 0.15) is 45.7 Å². The normalized spacial score (nSPS) is 15.9. The first-order valence-corrected chi connectivity index (χ1v) is 8.46. The van der Waals surface area contributed by atoms with E-state index in [2.05, 4.69) is 4.98 Å². The van der Waals surface area contributed by atoms with E-state index in [4.69, 9.17) is 9.47 Å². The molecule has 1 unspecified atom stereocenters. The van der Waals surface area contributed by atoms with Crippen LogP contribution in [0, 0.1) is 0 Å². The SMILES string of the molecule is O=C(CCCC(=O)c1ncccc1C(F)(F)F)c1ccc2c(c1)OC(O)CO2. The molecule has 9 heteroatoms. The standard InChI is InChI=1S/C19H16F3NO5/c20-19(21,22)12-3-2-8-23-18(12)14(25)5-1-4-13(24)11-6-7-15-16(9-11)28-17(26)10-27-15/h2-3,6-9,17,26H,1,4-5,10H2. The molecule has 0 spiro atoms. The number of nitrogens with zero attached hydrogens (tertiary/aromatic N) is 1. The van der Waals surface area contributed by atoms with Gasteiger partial charge in [-0.1, -0.05) is 0 Å². The van der Waals surface area contributed by atoms with Crippen LogP contribution in [0.25, 0.3) is 0 Å². The van der Waals surface area contributed by atoms with Gasteiger partial charge in [-0.15, -0.1) is 0 Å². The molecule has 0 amide bonds. The molecule has 0 saturated heterocycles. The zero-order valence-electron chi connectivity index (χ0n) is 14.5. The summed E-state index contributed by atoms with van der Waals surface area (Å²) in [6, 6.07) is 6.38. The summed E-state index contributed by atoms with van der Waals surface area (Å²) in [5, 5.41) is 9.42. The number of fused-ring (bicyclic) bond motifs is 1. The molecule has 2 aromatic rings. The number of aliphatic hydroxyl groups is 1. The fourth-order valence-electron chi connectivity index (χ4n) is 2.76. The van der Waals surface area contributed by atoms with Crippen molar-refractivity contribution in [3.8, 4) is 11.5 Å². The highest BCUT2D eigenvalue weighted by Crippen LogP contribution is 2.33. The number of pyridine rings is 1. The molecule has 0 saturated carbocycles. The molecular formula is C19H16F3NO5. The van der Waals surface area contributed by atoms with Crippen LogP contribution in [0.2, 0.25) is 0 Å². The van der Waals surface area contributed by atoms with Crippen molar-refractivity contribution in [2.24, 2.45) is 0 Å². The number of ketones is 2. The molecule has 1 aliphatic heterocycles. The van der Waals surface area contributed by atoms with Crippen molar-refractivity contribution in [1.29, 1.82) is 0 Å². The number of carbonyl (C=O) groups is 2. The van der Waals surface area contributed by atoms with Gasteiger partial charge in [-0.25, -0.2) is 0 Å². The minimum Gasteiger partial charge on any atom is -0.483 e. The van der Waals surface area contributed by atoms with E-state index in [1.165, 1.54) is 18.2 Å². The van der Waals surface area contributed by atoms with Crippen LogP contribution in [0.4, 0.5) is 13.2 Å². The van der Waals surface area contributed by atoms with E-state index in [1.807, 2.05) is 0 Å². The Labute approximate surface area is 157 Å². The van der Waals surface area contributed by atoms with Crippen molar-refractivity contribution < 1.29 is 37.3 Å². The Morgan fingerprint density at radius 3 is 2.64 bits per heavy atom. The summed E-state index contributed by atoms with van der Waals surface area (Å²) < 4.78 is 49.3. The van der Waals surface area contributed by atoms with Crippen LogP contribution in [0.5, 0.6) is 11.5 Å². The third kappa shape index (κ3) is 4.48. The Kier molecular flexibility index (Phi) is 5.64. The topological polar surface area (TPSA) is 85.7 Å². The largest absolute Gasteiger partial charge is 0.483 e. The molecule has 1 N–H and O–H groups in total. The summed E-state index contributed by atoms with van der Waals surface area (Å²) in [6.45, 7) is -0.0180. The number of hydrogen-bond donors (Lipinski definition) is 1. The molecule has 1 aromatic carbocycles. The molecule has 0 bridgehead atoms. The molecule has 0 fully saturated rings. The van der Waals surface area contributed by atoms with Crippen LogP contribution in [0.3, 0.4) is 0 Å². The van der Waals surface area contributed by atoms with Gasteiger partial charge in [-0.05, 0) is 36.8 Å². The lowest BCUT2D eigenvalue weighted by Crippen LogP contribution is -2.28. The lowest BCUT2D eigenvalue weighted by molar-refractivity contribution is -0.138. The van der Waals surface area contributed by atoms with Gasteiger partial charge >= 0.3 is 6.18 Å². The Bertz CT molecular complexity index is 897. The summed E-state index contributed by atoms with van der Waals surface area (Å²) in [6.07, 6.45) is -4.89. The minimum absolute atomic E-state index is 0.0180. The van der Waals surface area contributed by atoms with E-state index in [1.54, 1.807) is 0 Å². The summed E-state index contributed by atoms with van der Waals surface area (Å²) in [5.41, 5.74) is -1.44. The fourth-order valence-corrected chi connectivity index (χ4v) is 2.76. The van der Waals surface area contributed by atoms with E-state index < -0.39 is 29.5 Å². The highest BCUT2D eigenvalue weighted by atomic mass is 19.4. The first-order valence-electron chi connectivity index (χ1n) is 8.46. The van der Waals surface area contributed by atoms with E-state index in [9.17, 15) is 27.9 Å². The van der Waals surface area contributed by atoms with Crippen LogP contribution >= 0.6 is 0 Å². The van der Waals surface area contributed by atoms with Gasteiger partial charge in [-0.2, -0.15) is 13.2 Å². The average Bonchev–Trinajstić information content (AvgIpc) is 2.66. The number of halogens is 3. The van der Waals surface area contributed by atoms with Crippen molar-refractivity contribution in [2.75, 3.05) is 6.61 Å². The second-order valence-electron chi connectivity index (χ2n) is 6.14. The quantitative estimate of drug-likeness (QED) is 0.755. The summed E-state index contributed by atoms with van der Waals surface area (Å²) in [4.78, 5) is 28.0. The monoisotopic (exact) mass is 395 g/mol. The molecule has 1 aromatic heterocycles. The number of ether oxygens (including phenoxy) is 2. The second-order valence-corrected chi connectivity index (χ2v) is 6.14. The van der Waals surface area contributed by atoms with Crippen LogP contribution in [0.15, 0.2) is 36.5 Å². The van der Waals surface area contributed by atoms with Crippen molar-refractivity contribution in [3.05, 3.63) is 53.3 Å². The zero-order chi connectivity index (χ0) is 20.3. The highest BCUT2D eigenvalue weighted by molar-refractivity contribution is 5.98. The maximum atomic E-state index is 13.0. The van der Waals surface area contributed by atoms with Crippen LogP contribution in [-0.2, 0) is 6.18 Å². The number of aliphatic hydroxyl groups excluding tert-OH is 1. The van der Waals surface area contributed by atoms with Crippen molar-refractivity contribution >= 4 is 11.6 Å². The van der Waals surface area contributed by atoms with Crippen molar-refractivity contribution in [1.82, 2.24) is 4.98 Å². The minimum atomic E-state index is -4.68. The average molecular weight is 395 g/mol. The fraction of sp³-hybridized carbons (Fsp3) is 0.316. The van der Waals surface area contributed by atoms with Gasteiger partial charge in [0, 0.05) is 24.6 Å².